The van der Waals surface area contributed by atoms with Crippen LogP contribution >= 0.6 is 0 Å². The molecular weight excluding hydrogens is 218 g/mol. The van der Waals surface area contributed by atoms with Crippen molar-refractivity contribution in [3.05, 3.63) is 30.1 Å². The van der Waals surface area contributed by atoms with Gasteiger partial charge in [-0.15, -0.1) is 0 Å². The SMILES string of the molecule is CC(NC(=O)C1CCC(=O)N1)c1ccccn1. The van der Waals surface area contributed by atoms with Crippen LogP contribution in [-0.2, 0) is 9.59 Å². The Morgan fingerprint density at radius 3 is 3.00 bits per heavy atom. The molecule has 2 atom stereocenters. The lowest BCUT2D eigenvalue weighted by molar-refractivity contribution is -0.126. The molecule has 5 nitrogen and oxygen atoms in total. The number of carbonyl (C=O) groups excluding carboxylic acids is 2. The summed E-state index contributed by atoms with van der Waals surface area (Å²) in [5.74, 6) is -0.204. The maximum absolute atomic E-state index is 11.8. The number of hydrogen-bond donors (Lipinski definition) is 2. The minimum atomic E-state index is -0.395. The first-order valence-corrected chi connectivity index (χ1v) is 5.67. The molecule has 0 saturated carbocycles. The van der Waals surface area contributed by atoms with Crippen LogP contribution in [-0.4, -0.2) is 22.8 Å². The zero-order valence-electron chi connectivity index (χ0n) is 9.64. The molecule has 1 saturated heterocycles. The van der Waals surface area contributed by atoms with Crippen LogP contribution < -0.4 is 10.6 Å². The van der Waals surface area contributed by atoms with E-state index in [2.05, 4.69) is 15.6 Å². The van der Waals surface area contributed by atoms with Crippen LogP contribution in [0.3, 0.4) is 0 Å². The van der Waals surface area contributed by atoms with E-state index in [1.54, 1.807) is 6.20 Å². The molecule has 1 aromatic rings. The van der Waals surface area contributed by atoms with Crippen molar-refractivity contribution in [3.8, 4) is 0 Å². The quantitative estimate of drug-likeness (QED) is 0.800. The van der Waals surface area contributed by atoms with Crippen molar-refractivity contribution in [3.63, 3.8) is 0 Å². The number of hydrogen-bond acceptors (Lipinski definition) is 3. The summed E-state index contributed by atoms with van der Waals surface area (Å²) in [5, 5.41) is 5.48. The highest BCUT2D eigenvalue weighted by molar-refractivity contribution is 5.90. The Balaban J connectivity index is 1.93. The fourth-order valence-electron chi connectivity index (χ4n) is 1.83. The standard InChI is InChI=1S/C12H15N3O2/c1-8(9-4-2-3-7-13-9)14-12(17)10-5-6-11(16)15-10/h2-4,7-8,10H,5-6H2,1H3,(H,14,17)(H,15,16). The molecule has 0 bridgehead atoms. The molecule has 2 unspecified atom stereocenters. The van der Waals surface area contributed by atoms with E-state index in [4.69, 9.17) is 0 Å². The Kier molecular flexibility index (Phi) is 3.37. The maximum Gasteiger partial charge on any atom is 0.243 e. The van der Waals surface area contributed by atoms with Gasteiger partial charge in [-0.3, -0.25) is 14.6 Å². The molecule has 0 aromatic carbocycles. The predicted octanol–water partition coefficient (Wildman–Crippen LogP) is 0.537. The Morgan fingerprint density at radius 1 is 1.59 bits per heavy atom. The van der Waals surface area contributed by atoms with E-state index >= 15 is 0 Å². The van der Waals surface area contributed by atoms with E-state index in [-0.39, 0.29) is 17.9 Å². The van der Waals surface area contributed by atoms with Crippen molar-refractivity contribution in [1.82, 2.24) is 15.6 Å². The Labute approximate surface area is 99.6 Å². The van der Waals surface area contributed by atoms with Gasteiger partial charge in [0.05, 0.1) is 11.7 Å². The Hall–Kier alpha value is -1.91. The fourth-order valence-corrected chi connectivity index (χ4v) is 1.83. The van der Waals surface area contributed by atoms with Gasteiger partial charge >= 0.3 is 0 Å². The summed E-state index contributed by atoms with van der Waals surface area (Å²) in [6, 6.07) is 5.02. The van der Waals surface area contributed by atoms with Crippen LogP contribution in [0.5, 0.6) is 0 Å². The predicted molar refractivity (Wildman–Crippen MR) is 62.0 cm³/mol. The summed E-state index contributed by atoms with van der Waals surface area (Å²) in [6.45, 7) is 1.87. The number of carbonyl (C=O) groups is 2. The molecule has 0 aliphatic carbocycles. The zero-order valence-corrected chi connectivity index (χ0v) is 9.64. The molecule has 2 amide bonds. The molecule has 1 aliphatic rings. The molecule has 2 rings (SSSR count). The van der Waals surface area contributed by atoms with Gasteiger partial charge in [-0.25, -0.2) is 0 Å². The lowest BCUT2D eigenvalue weighted by Gasteiger charge is -2.16. The number of nitrogens with zero attached hydrogens (tertiary/aromatic N) is 1. The summed E-state index contributed by atoms with van der Waals surface area (Å²) in [4.78, 5) is 27.0. The lowest BCUT2D eigenvalue weighted by Crippen LogP contribution is -2.42. The highest BCUT2D eigenvalue weighted by atomic mass is 16.2. The molecule has 17 heavy (non-hydrogen) atoms. The summed E-state index contributed by atoms with van der Waals surface area (Å²) in [6.07, 6.45) is 2.69. The third-order valence-electron chi connectivity index (χ3n) is 2.80. The van der Waals surface area contributed by atoms with E-state index < -0.39 is 6.04 Å². The first-order chi connectivity index (χ1) is 8.16. The van der Waals surface area contributed by atoms with Crippen molar-refractivity contribution >= 4 is 11.8 Å². The molecule has 0 radical (unpaired) electrons. The molecule has 1 fully saturated rings. The van der Waals surface area contributed by atoms with Crippen LogP contribution in [0, 0.1) is 0 Å². The summed E-state index contributed by atoms with van der Waals surface area (Å²) < 4.78 is 0. The van der Waals surface area contributed by atoms with Gasteiger partial charge in [-0.2, -0.15) is 0 Å². The van der Waals surface area contributed by atoms with Gasteiger partial charge in [0.25, 0.3) is 0 Å². The van der Waals surface area contributed by atoms with E-state index in [1.165, 1.54) is 0 Å². The van der Waals surface area contributed by atoms with Crippen LogP contribution in [0.25, 0.3) is 0 Å². The number of nitrogens with one attached hydrogen (secondary N) is 2. The molecule has 1 aliphatic heterocycles. The van der Waals surface area contributed by atoms with Crippen LogP contribution in [0.4, 0.5) is 0 Å². The highest BCUT2D eigenvalue weighted by Gasteiger charge is 2.28. The minimum absolute atomic E-state index is 0.0596. The third-order valence-corrected chi connectivity index (χ3v) is 2.80. The summed E-state index contributed by atoms with van der Waals surface area (Å²) >= 11 is 0. The summed E-state index contributed by atoms with van der Waals surface area (Å²) in [5.41, 5.74) is 0.810. The average molecular weight is 233 g/mol. The van der Waals surface area contributed by atoms with E-state index in [0.717, 1.165) is 5.69 Å². The van der Waals surface area contributed by atoms with Gasteiger partial charge in [0, 0.05) is 12.6 Å². The second-order valence-electron chi connectivity index (χ2n) is 4.14. The van der Waals surface area contributed by atoms with Crippen LogP contribution in [0.2, 0.25) is 0 Å². The van der Waals surface area contributed by atoms with E-state index in [9.17, 15) is 9.59 Å². The maximum atomic E-state index is 11.8. The molecule has 2 heterocycles. The molecule has 1 aromatic heterocycles. The van der Waals surface area contributed by atoms with Gasteiger partial charge in [0.1, 0.15) is 6.04 Å². The second kappa shape index (κ2) is 4.95. The number of pyridine rings is 1. The third kappa shape index (κ3) is 2.81. The second-order valence-corrected chi connectivity index (χ2v) is 4.14. The molecule has 5 heteroatoms. The zero-order chi connectivity index (χ0) is 12.3. The Bertz CT molecular complexity index is 419. The normalized spacial score (nSPS) is 20.8. The molecular formula is C12H15N3O2. The summed E-state index contributed by atoms with van der Waals surface area (Å²) in [7, 11) is 0. The van der Waals surface area contributed by atoms with Crippen molar-refractivity contribution in [2.24, 2.45) is 0 Å². The van der Waals surface area contributed by atoms with Gasteiger partial charge in [-0.05, 0) is 25.5 Å². The monoisotopic (exact) mass is 233 g/mol. The topological polar surface area (TPSA) is 71.1 Å². The minimum Gasteiger partial charge on any atom is -0.346 e. The molecule has 2 N–H and O–H groups in total. The van der Waals surface area contributed by atoms with Crippen LogP contribution in [0.15, 0.2) is 24.4 Å². The first kappa shape index (κ1) is 11.6. The number of rotatable bonds is 3. The van der Waals surface area contributed by atoms with Gasteiger partial charge in [0.2, 0.25) is 11.8 Å². The number of amides is 2. The van der Waals surface area contributed by atoms with E-state index in [0.29, 0.717) is 12.8 Å². The fraction of sp³-hybridized carbons (Fsp3) is 0.417. The highest BCUT2D eigenvalue weighted by Crippen LogP contribution is 2.11. The van der Waals surface area contributed by atoms with Gasteiger partial charge in [0.15, 0.2) is 0 Å². The van der Waals surface area contributed by atoms with Gasteiger partial charge < -0.3 is 10.6 Å². The van der Waals surface area contributed by atoms with Crippen molar-refractivity contribution in [2.75, 3.05) is 0 Å². The molecule has 0 spiro atoms. The molecule has 90 valence electrons. The van der Waals surface area contributed by atoms with Crippen molar-refractivity contribution < 1.29 is 9.59 Å². The van der Waals surface area contributed by atoms with Crippen molar-refractivity contribution in [1.29, 1.82) is 0 Å². The van der Waals surface area contributed by atoms with Crippen molar-refractivity contribution in [2.45, 2.75) is 31.8 Å². The first-order valence-electron chi connectivity index (χ1n) is 5.67. The average Bonchev–Trinajstić information content (AvgIpc) is 2.77. The smallest absolute Gasteiger partial charge is 0.243 e. The van der Waals surface area contributed by atoms with Gasteiger partial charge in [-0.1, -0.05) is 6.07 Å². The number of aromatic nitrogens is 1. The largest absolute Gasteiger partial charge is 0.346 e. The Morgan fingerprint density at radius 2 is 2.41 bits per heavy atom. The van der Waals surface area contributed by atoms with Crippen LogP contribution in [0.1, 0.15) is 31.5 Å². The van der Waals surface area contributed by atoms with E-state index in [1.807, 2.05) is 25.1 Å². The lowest BCUT2D eigenvalue weighted by atomic mass is 10.1.